The molecule has 0 radical (unpaired) electrons. The quantitative estimate of drug-likeness (QED) is 0.859. The fraction of sp³-hybridized carbons (Fsp3) is 0.500. The largest absolute Gasteiger partial charge is 0.496 e. The smallest absolute Gasteiger partial charge is 0.321 e. The molecule has 1 aromatic rings. The van der Waals surface area contributed by atoms with E-state index in [0.717, 1.165) is 17.0 Å². The summed E-state index contributed by atoms with van der Waals surface area (Å²) in [7, 11) is 3.32. The van der Waals surface area contributed by atoms with Crippen LogP contribution in [-0.2, 0) is 0 Å². The summed E-state index contributed by atoms with van der Waals surface area (Å²) in [5.41, 5.74) is 1.69. The number of carbonyl (C=O) groups is 1. The van der Waals surface area contributed by atoms with Crippen molar-refractivity contribution in [2.24, 2.45) is 0 Å². The summed E-state index contributed by atoms with van der Waals surface area (Å²) in [6.07, 6.45) is 0.157. The van der Waals surface area contributed by atoms with E-state index in [1.54, 1.807) is 32.0 Å². The van der Waals surface area contributed by atoms with Crippen LogP contribution in [0.3, 0.4) is 0 Å². The minimum absolute atomic E-state index is 0.190. The Morgan fingerprint density at radius 2 is 2.21 bits per heavy atom. The molecule has 0 aliphatic rings. The van der Waals surface area contributed by atoms with Crippen molar-refractivity contribution in [1.82, 2.24) is 4.90 Å². The number of nitrogens with one attached hydrogen (secondary N) is 1. The van der Waals surface area contributed by atoms with Gasteiger partial charge in [-0.3, -0.25) is 0 Å². The first-order chi connectivity index (χ1) is 8.93. The molecule has 106 valence electrons. The van der Waals surface area contributed by atoms with Crippen LogP contribution in [0.4, 0.5) is 10.5 Å². The fourth-order valence-corrected chi connectivity index (χ4v) is 1.66. The zero-order valence-corrected chi connectivity index (χ0v) is 11.9. The Kier molecular flexibility index (Phi) is 5.63. The number of aliphatic hydroxyl groups excluding tert-OH is 1. The van der Waals surface area contributed by atoms with E-state index in [0.29, 0.717) is 13.0 Å². The zero-order chi connectivity index (χ0) is 14.4. The molecule has 0 saturated heterocycles. The summed E-state index contributed by atoms with van der Waals surface area (Å²) >= 11 is 0. The van der Waals surface area contributed by atoms with Crippen LogP contribution >= 0.6 is 0 Å². The number of hydrogen-bond donors (Lipinski definition) is 2. The van der Waals surface area contributed by atoms with Gasteiger partial charge in [0.1, 0.15) is 5.75 Å². The summed E-state index contributed by atoms with van der Waals surface area (Å²) in [4.78, 5) is 13.4. The molecular formula is C14H22N2O3. The lowest BCUT2D eigenvalue weighted by Crippen LogP contribution is -2.33. The maximum atomic E-state index is 11.9. The third-order valence-electron chi connectivity index (χ3n) is 2.88. The summed E-state index contributed by atoms with van der Waals surface area (Å²) < 4.78 is 5.17. The molecule has 2 amide bonds. The average Bonchev–Trinajstić information content (AvgIpc) is 2.36. The van der Waals surface area contributed by atoms with E-state index in [1.165, 1.54) is 0 Å². The Morgan fingerprint density at radius 3 is 2.74 bits per heavy atom. The number of aliphatic hydroxyl groups is 1. The van der Waals surface area contributed by atoms with Gasteiger partial charge >= 0.3 is 6.03 Å². The second-order valence-electron chi connectivity index (χ2n) is 4.67. The van der Waals surface area contributed by atoms with Gasteiger partial charge in [-0.05, 0) is 44.0 Å². The molecule has 19 heavy (non-hydrogen) atoms. The third kappa shape index (κ3) is 4.79. The van der Waals surface area contributed by atoms with Gasteiger partial charge in [0.05, 0.1) is 13.2 Å². The summed E-state index contributed by atoms with van der Waals surface area (Å²) in [5.74, 6) is 0.792. The lowest BCUT2D eigenvalue weighted by atomic mass is 10.2. The van der Waals surface area contributed by atoms with Gasteiger partial charge in [0.15, 0.2) is 0 Å². The number of nitrogens with zero attached hydrogens (tertiary/aromatic N) is 1. The highest BCUT2D eigenvalue weighted by Gasteiger charge is 2.10. The van der Waals surface area contributed by atoms with Crippen LogP contribution in [-0.4, -0.2) is 42.8 Å². The molecule has 0 heterocycles. The van der Waals surface area contributed by atoms with Gasteiger partial charge < -0.3 is 20.1 Å². The Bertz CT molecular complexity index is 433. The highest BCUT2D eigenvalue weighted by Crippen LogP contribution is 2.21. The number of ether oxygens (including phenoxy) is 1. The molecular weight excluding hydrogens is 244 g/mol. The number of hydrogen-bond acceptors (Lipinski definition) is 3. The predicted molar refractivity (Wildman–Crippen MR) is 75.7 cm³/mol. The van der Waals surface area contributed by atoms with Gasteiger partial charge in [0.2, 0.25) is 0 Å². The molecule has 5 heteroatoms. The topological polar surface area (TPSA) is 61.8 Å². The number of rotatable bonds is 5. The number of amides is 2. The molecule has 1 unspecified atom stereocenters. The predicted octanol–water partition coefficient (Wildman–Crippen LogP) is 2.24. The number of anilines is 1. The van der Waals surface area contributed by atoms with Gasteiger partial charge in [0.25, 0.3) is 0 Å². The van der Waals surface area contributed by atoms with Crippen LogP contribution < -0.4 is 10.1 Å². The van der Waals surface area contributed by atoms with E-state index in [2.05, 4.69) is 5.32 Å². The standard InChI is InChI=1S/C14H22N2O3/c1-10-9-12(5-6-13(10)19-4)15-14(18)16(3)8-7-11(2)17/h5-6,9,11,17H,7-8H2,1-4H3,(H,15,18). The van der Waals surface area contributed by atoms with Crippen molar-refractivity contribution >= 4 is 11.7 Å². The maximum Gasteiger partial charge on any atom is 0.321 e. The molecule has 1 atom stereocenters. The monoisotopic (exact) mass is 266 g/mol. The molecule has 1 aromatic carbocycles. The Labute approximate surface area is 114 Å². The Hall–Kier alpha value is -1.75. The van der Waals surface area contributed by atoms with Crippen LogP contribution in [0.25, 0.3) is 0 Å². The number of benzene rings is 1. The second-order valence-corrected chi connectivity index (χ2v) is 4.67. The third-order valence-corrected chi connectivity index (χ3v) is 2.88. The lowest BCUT2D eigenvalue weighted by molar-refractivity contribution is 0.167. The normalized spacial score (nSPS) is 11.8. The molecule has 0 spiro atoms. The van der Waals surface area contributed by atoms with Crippen molar-refractivity contribution in [3.05, 3.63) is 23.8 Å². The molecule has 0 aromatic heterocycles. The Balaban J connectivity index is 2.59. The minimum atomic E-state index is -0.404. The van der Waals surface area contributed by atoms with Crippen LogP contribution in [0.5, 0.6) is 5.75 Å². The minimum Gasteiger partial charge on any atom is -0.496 e. The number of methoxy groups -OCH3 is 1. The molecule has 1 rings (SSSR count). The fourth-order valence-electron chi connectivity index (χ4n) is 1.66. The second kappa shape index (κ2) is 6.99. The van der Waals surface area contributed by atoms with Crippen LogP contribution in [0.1, 0.15) is 18.9 Å². The van der Waals surface area contributed by atoms with E-state index < -0.39 is 6.10 Å². The summed E-state index contributed by atoms with van der Waals surface area (Å²) in [5, 5.41) is 12.0. The molecule has 0 aliphatic heterocycles. The number of aryl methyl sites for hydroxylation is 1. The Morgan fingerprint density at radius 1 is 1.53 bits per heavy atom. The molecule has 2 N–H and O–H groups in total. The van der Waals surface area contributed by atoms with E-state index in [-0.39, 0.29) is 6.03 Å². The highest BCUT2D eigenvalue weighted by atomic mass is 16.5. The van der Waals surface area contributed by atoms with Gasteiger partial charge in [0, 0.05) is 19.3 Å². The van der Waals surface area contributed by atoms with Crippen LogP contribution in [0, 0.1) is 6.92 Å². The first-order valence-electron chi connectivity index (χ1n) is 6.29. The summed E-state index contributed by atoms with van der Waals surface area (Å²) in [6.45, 7) is 4.14. The van der Waals surface area contributed by atoms with Crippen molar-refractivity contribution < 1.29 is 14.6 Å². The first kappa shape index (κ1) is 15.3. The van der Waals surface area contributed by atoms with Crippen molar-refractivity contribution in [3.63, 3.8) is 0 Å². The molecule has 5 nitrogen and oxygen atoms in total. The average molecular weight is 266 g/mol. The van der Waals surface area contributed by atoms with Crippen LogP contribution in [0.15, 0.2) is 18.2 Å². The molecule has 0 aliphatic carbocycles. The van der Waals surface area contributed by atoms with Crippen molar-refractivity contribution in [1.29, 1.82) is 0 Å². The van der Waals surface area contributed by atoms with E-state index in [4.69, 9.17) is 4.74 Å². The van der Waals surface area contributed by atoms with Crippen LogP contribution in [0.2, 0.25) is 0 Å². The van der Waals surface area contributed by atoms with Crippen molar-refractivity contribution in [2.75, 3.05) is 26.0 Å². The van der Waals surface area contributed by atoms with Gasteiger partial charge in [-0.25, -0.2) is 4.79 Å². The van der Waals surface area contributed by atoms with E-state index in [1.807, 2.05) is 19.1 Å². The van der Waals surface area contributed by atoms with E-state index in [9.17, 15) is 9.90 Å². The van der Waals surface area contributed by atoms with Gasteiger partial charge in [-0.15, -0.1) is 0 Å². The molecule has 0 fully saturated rings. The zero-order valence-electron chi connectivity index (χ0n) is 11.9. The SMILES string of the molecule is COc1ccc(NC(=O)N(C)CCC(C)O)cc1C. The van der Waals surface area contributed by atoms with Crippen molar-refractivity contribution in [3.8, 4) is 5.75 Å². The van der Waals surface area contributed by atoms with Gasteiger partial charge in [-0.2, -0.15) is 0 Å². The highest BCUT2D eigenvalue weighted by molar-refractivity contribution is 5.89. The van der Waals surface area contributed by atoms with Crippen molar-refractivity contribution in [2.45, 2.75) is 26.4 Å². The number of urea groups is 1. The maximum absolute atomic E-state index is 11.9. The number of carbonyl (C=O) groups excluding carboxylic acids is 1. The van der Waals surface area contributed by atoms with E-state index >= 15 is 0 Å². The molecule has 0 bridgehead atoms. The summed E-state index contributed by atoms with van der Waals surface area (Å²) in [6, 6.07) is 5.29. The molecule has 0 saturated carbocycles. The van der Waals surface area contributed by atoms with Gasteiger partial charge in [-0.1, -0.05) is 0 Å². The first-order valence-corrected chi connectivity index (χ1v) is 6.29. The lowest BCUT2D eigenvalue weighted by Gasteiger charge is -2.19.